The number of nitrogens with two attached hydrogens (primary N) is 1. The number of rotatable bonds is 3. The quantitative estimate of drug-likeness (QED) is 0.861. The lowest BCUT2D eigenvalue weighted by molar-refractivity contribution is 0.280. The first-order valence-corrected chi connectivity index (χ1v) is 7.50. The molecule has 2 heterocycles. The molecule has 19 heavy (non-hydrogen) atoms. The molecule has 1 aliphatic carbocycles. The number of hydrogen-bond donors (Lipinski definition) is 1. The van der Waals surface area contributed by atoms with E-state index in [0.717, 1.165) is 43.0 Å². The summed E-state index contributed by atoms with van der Waals surface area (Å²) in [5.74, 6) is 2.24. The van der Waals surface area contributed by atoms with E-state index in [1.54, 1.807) is 0 Å². The molecule has 1 aromatic heterocycles. The Balaban J connectivity index is 1.75. The number of anilines is 1. The van der Waals surface area contributed by atoms with Crippen LogP contribution in [0.4, 0.5) is 5.69 Å². The summed E-state index contributed by atoms with van der Waals surface area (Å²) < 4.78 is 0. The first-order chi connectivity index (χ1) is 9.13. The van der Waals surface area contributed by atoms with Gasteiger partial charge in [-0.25, -0.2) is 0 Å². The lowest BCUT2D eigenvalue weighted by Gasteiger charge is -2.39. The van der Waals surface area contributed by atoms with Crippen LogP contribution in [0.2, 0.25) is 0 Å². The summed E-state index contributed by atoms with van der Waals surface area (Å²) in [5.41, 5.74) is 8.16. The summed E-state index contributed by atoms with van der Waals surface area (Å²) in [6, 6.07) is 4.31. The number of thiocarbonyl (C=S) groups is 1. The van der Waals surface area contributed by atoms with Crippen LogP contribution in [-0.4, -0.2) is 23.1 Å². The van der Waals surface area contributed by atoms with E-state index >= 15 is 0 Å². The SMILES string of the molecule is Cc1cc(N2C[C@H]3CC[C@@H](C2)C3CC(N)=S)ccn1. The molecule has 0 spiro atoms. The predicted molar refractivity (Wildman–Crippen MR) is 82.3 cm³/mol. The third kappa shape index (κ3) is 2.59. The predicted octanol–water partition coefficient (Wildman–Crippen LogP) is 2.53. The number of hydrogen-bond acceptors (Lipinski definition) is 3. The van der Waals surface area contributed by atoms with E-state index < -0.39 is 0 Å². The Bertz CT molecular complexity index is 474. The Morgan fingerprint density at radius 3 is 2.68 bits per heavy atom. The van der Waals surface area contributed by atoms with Crippen LogP contribution < -0.4 is 10.6 Å². The second-order valence-corrected chi connectivity index (χ2v) is 6.52. The van der Waals surface area contributed by atoms with Gasteiger partial charge in [0.2, 0.25) is 0 Å². The molecule has 3 nitrogen and oxygen atoms in total. The van der Waals surface area contributed by atoms with Gasteiger partial charge in [0.15, 0.2) is 0 Å². The fourth-order valence-electron chi connectivity index (χ4n) is 3.84. The highest BCUT2D eigenvalue weighted by molar-refractivity contribution is 7.80. The second-order valence-electron chi connectivity index (χ2n) is 5.99. The van der Waals surface area contributed by atoms with Crippen LogP contribution >= 0.6 is 12.2 Å². The first kappa shape index (κ1) is 12.9. The molecule has 2 aliphatic rings. The van der Waals surface area contributed by atoms with E-state index in [4.69, 9.17) is 18.0 Å². The van der Waals surface area contributed by atoms with Crippen molar-refractivity contribution in [2.75, 3.05) is 18.0 Å². The molecule has 1 unspecified atom stereocenters. The molecule has 2 N–H and O–H groups in total. The Kier molecular flexibility index (Phi) is 3.44. The van der Waals surface area contributed by atoms with Crippen molar-refractivity contribution in [1.29, 1.82) is 0 Å². The minimum atomic E-state index is 0.690. The standard InChI is InChI=1S/C15H21N3S/c1-10-6-13(4-5-17-10)18-8-11-2-3-12(9-18)14(11)7-15(16)19/h4-6,11-12,14H,2-3,7-9H2,1H3,(H2,16,19)/t11-,12+,14?. The van der Waals surface area contributed by atoms with Gasteiger partial charge >= 0.3 is 0 Å². The molecule has 3 atom stereocenters. The van der Waals surface area contributed by atoms with Crippen molar-refractivity contribution in [3.05, 3.63) is 24.0 Å². The highest BCUT2D eigenvalue weighted by Gasteiger charge is 2.41. The third-order valence-electron chi connectivity index (χ3n) is 4.71. The lowest BCUT2D eigenvalue weighted by Crippen LogP contribution is -2.43. The van der Waals surface area contributed by atoms with Gasteiger partial charge in [-0.3, -0.25) is 4.98 Å². The largest absolute Gasteiger partial charge is 0.393 e. The number of fused-ring (bicyclic) bond motifs is 2. The van der Waals surface area contributed by atoms with Crippen molar-refractivity contribution in [3.63, 3.8) is 0 Å². The van der Waals surface area contributed by atoms with Crippen molar-refractivity contribution < 1.29 is 0 Å². The summed E-state index contributed by atoms with van der Waals surface area (Å²) in [4.78, 5) is 7.49. The number of aromatic nitrogens is 1. The van der Waals surface area contributed by atoms with E-state index in [0.29, 0.717) is 4.99 Å². The van der Waals surface area contributed by atoms with Gasteiger partial charge in [0.25, 0.3) is 0 Å². The van der Waals surface area contributed by atoms with Crippen molar-refractivity contribution in [3.8, 4) is 0 Å². The maximum absolute atomic E-state index is 5.75. The van der Waals surface area contributed by atoms with E-state index in [-0.39, 0.29) is 0 Å². The molecule has 4 heteroatoms. The zero-order valence-electron chi connectivity index (χ0n) is 11.4. The zero-order chi connectivity index (χ0) is 13.4. The van der Waals surface area contributed by atoms with Gasteiger partial charge in [-0.2, -0.15) is 0 Å². The Labute approximate surface area is 120 Å². The van der Waals surface area contributed by atoms with Crippen molar-refractivity contribution in [2.45, 2.75) is 26.2 Å². The topological polar surface area (TPSA) is 42.1 Å². The van der Waals surface area contributed by atoms with Crippen LogP contribution in [0.15, 0.2) is 18.3 Å². The number of piperidine rings is 1. The van der Waals surface area contributed by atoms with Crippen LogP contribution in [0.1, 0.15) is 25.0 Å². The van der Waals surface area contributed by atoms with Gasteiger partial charge in [-0.1, -0.05) is 12.2 Å². The number of pyridine rings is 1. The minimum Gasteiger partial charge on any atom is -0.393 e. The molecule has 0 radical (unpaired) electrons. The van der Waals surface area contributed by atoms with Crippen LogP contribution in [0, 0.1) is 24.7 Å². The fourth-order valence-corrected chi connectivity index (χ4v) is 4.03. The Hall–Kier alpha value is -1.16. The summed E-state index contributed by atoms with van der Waals surface area (Å²) in [6.07, 6.45) is 5.51. The van der Waals surface area contributed by atoms with Gasteiger partial charge < -0.3 is 10.6 Å². The van der Waals surface area contributed by atoms with Gasteiger partial charge in [0.1, 0.15) is 0 Å². The van der Waals surface area contributed by atoms with E-state index in [1.165, 1.54) is 18.5 Å². The Morgan fingerprint density at radius 1 is 1.42 bits per heavy atom. The summed E-state index contributed by atoms with van der Waals surface area (Å²) in [6.45, 7) is 4.35. The molecule has 0 amide bonds. The molecular formula is C15H21N3S. The van der Waals surface area contributed by atoms with Crippen molar-refractivity contribution in [2.24, 2.45) is 23.5 Å². The third-order valence-corrected chi connectivity index (χ3v) is 4.88. The van der Waals surface area contributed by atoms with Crippen LogP contribution in [-0.2, 0) is 0 Å². The molecular weight excluding hydrogens is 254 g/mol. The zero-order valence-corrected chi connectivity index (χ0v) is 12.2. The molecule has 0 aromatic carbocycles. The normalized spacial score (nSPS) is 29.5. The van der Waals surface area contributed by atoms with Crippen LogP contribution in [0.25, 0.3) is 0 Å². The average molecular weight is 275 g/mol. The van der Waals surface area contributed by atoms with Crippen LogP contribution in [0.5, 0.6) is 0 Å². The number of aryl methyl sites for hydroxylation is 1. The first-order valence-electron chi connectivity index (χ1n) is 7.09. The van der Waals surface area contributed by atoms with E-state index in [1.807, 2.05) is 6.20 Å². The maximum Gasteiger partial charge on any atom is 0.0730 e. The fraction of sp³-hybridized carbons (Fsp3) is 0.600. The van der Waals surface area contributed by atoms with E-state index in [9.17, 15) is 0 Å². The van der Waals surface area contributed by atoms with Gasteiger partial charge in [-0.05, 0) is 49.7 Å². The smallest absolute Gasteiger partial charge is 0.0730 e. The molecule has 2 fully saturated rings. The minimum absolute atomic E-state index is 0.690. The van der Waals surface area contributed by atoms with E-state index in [2.05, 4.69) is 28.9 Å². The molecule has 102 valence electrons. The molecule has 1 aromatic rings. The van der Waals surface area contributed by atoms with Gasteiger partial charge in [0.05, 0.1) is 4.99 Å². The summed E-state index contributed by atoms with van der Waals surface area (Å²) >= 11 is 5.11. The highest BCUT2D eigenvalue weighted by atomic mass is 32.1. The maximum atomic E-state index is 5.75. The molecule has 3 rings (SSSR count). The van der Waals surface area contributed by atoms with Gasteiger partial charge in [0, 0.05) is 37.1 Å². The molecule has 2 bridgehead atoms. The second kappa shape index (κ2) is 5.08. The van der Waals surface area contributed by atoms with Crippen LogP contribution in [0.3, 0.4) is 0 Å². The van der Waals surface area contributed by atoms with Crippen molar-refractivity contribution >= 4 is 22.9 Å². The summed E-state index contributed by atoms with van der Waals surface area (Å²) in [5, 5.41) is 0. The molecule has 1 saturated heterocycles. The van der Waals surface area contributed by atoms with Crippen molar-refractivity contribution in [1.82, 2.24) is 4.98 Å². The average Bonchev–Trinajstić information content (AvgIpc) is 2.61. The summed E-state index contributed by atoms with van der Waals surface area (Å²) in [7, 11) is 0. The molecule has 1 saturated carbocycles. The van der Waals surface area contributed by atoms with Gasteiger partial charge in [-0.15, -0.1) is 0 Å². The molecule has 1 aliphatic heterocycles. The lowest BCUT2D eigenvalue weighted by atomic mass is 9.82. The number of nitrogens with zero attached hydrogens (tertiary/aromatic N) is 2. The Morgan fingerprint density at radius 2 is 2.11 bits per heavy atom. The highest BCUT2D eigenvalue weighted by Crippen LogP contribution is 2.44. The monoisotopic (exact) mass is 275 g/mol.